The van der Waals surface area contributed by atoms with Crippen LogP contribution in [0.1, 0.15) is 16.7 Å². The monoisotopic (exact) mass is 278 g/mol. The summed E-state index contributed by atoms with van der Waals surface area (Å²) in [6.45, 7) is 5.10. The Kier molecular flexibility index (Phi) is 3.69. The van der Waals surface area contributed by atoms with Crippen molar-refractivity contribution in [2.75, 3.05) is 5.32 Å². The normalized spacial score (nSPS) is 10.6. The molecule has 0 bridgehead atoms. The Bertz CT molecular complexity index is 715. The second-order valence-electron chi connectivity index (χ2n) is 5.14. The van der Waals surface area contributed by atoms with E-state index in [0.29, 0.717) is 0 Å². The van der Waals surface area contributed by atoms with E-state index in [0.717, 1.165) is 17.9 Å². The molecule has 0 saturated carbocycles. The van der Waals surface area contributed by atoms with Gasteiger partial charge in [0.1, 0.15) is 0 Å². The molecule has 2 aromatic carbocycles. The fraction of sp³-hybridized carbons (Fsp3) is 0.176. The highest BCUT2D eigenvalue weighted by Crippen LogP contribution is 2.14. The Morgan fingerprint density at radius 1 is 0.905 bits per heavy atom. The van der Waals surface area contributed by atoms with Crippen molar-refractivity contribution in [2.24, 2.45) is 0 Å². The highest BCUT2D eigenvalue weighted by atomic mass is 15.5. The van der Waals surface area contributed by atoms with Crippen LogP contribution in [0.2, 0.25) is 0 Å². The Hall–Kier alpha value is -2.62. The van der Waals surface area contributed by atoms with Gasteiger partial charge in [-0.1, -0.05) is 18.2 Å². The summed E-state index contributed by atoms with van der Waals surface area (Å²) < 4.78 is 0. The molecule has 4 heteroatoms. The number of hydrogen-bond acceptors (Lipinski definition) is 3. The number of nitrogens with zero attached hydrogens (tertiary/aromatic N) is 3. The highest BCUT2D eigenvalue weighted by Gasteiger charge is 1.99. The molecule has 106 valence electrons. The summed E-state index contributed by atoms with van der Waals surface area (Å²) in [5, 5.41) is 11.7. The van der Waals surface area contributed by atoms with Gasteiger partial charge in [-0.25, -0.2) is 0 Å². The summed E-state index contributed by atoms with van der Waals surface area (Å²) in [5.41, 5.74) is 5.99. The van der Waals surface area contributed by atoms with Gasteiger partial charge in [-0.3, -0.25) is 0 Å². The molecule has 0 aliphatic rings. The first kappa shape index (κ1) is 13.4. The third-order valence-electron chi connectivity index (χ3n) is 3.58. The molecule has 1 N–H and O–H groups in total. The number of aromatic nitrogens is 3. The topological polar surface area (TPSA) is 42.7 Å². The summed E-state index contributed by atoms with van der Waals surface area (Å²) in [6, 6.07) is 14.6. The van der Waals surface area contributed by atoms with Crippen LogP contribution in [0.3, 0.4) is 0 Å². The Morgan fingerprint density at radius 2 is 1.62 bits per heavy atom. The number of rotatable bonds is 4. The molecule has 0 radical (unpaired) electrons. The minimum absolute atomic E-state index is 0.820. The lowest BCUT2D eigenvalue weighted by Crippen LogP contribution is -2.01. The predicted molar refractivity (Wildman–Crippen MR) is 84.6 cm³/mol. The van der Waals surface area contributed by atoms with Crippen molar-refractivity contribution in [3.05, 3.63) is 71.5 Å². The second-order valence-corrected chi connectivity index (χ2v) is 5.14. The molecule has 0 aliphatic carbocycles. The van der Waals surface area contributed by atoms with Crippen molar-refractivity contribution in [3.63, 3.8) is 0 Å². The van der Waals surface area contributed by atoms with Crippen molar-refractivity contribution < 1.29 is 0 Å². The molecule has 0 amide bonds. The molecule has 0 aliphatic heterocycles. The molecular formula is C17H18N4. The van der Waals surface area contributed by atoms with Gasteiger partial charge in [-0.2, -0.15) is 15.0 Å². The van der Waals surface area contributed by atoms with Gasteiger partial charge >= 0.3 is 0 Å². The van der Waals surface area contributed by atoms with Crippen LogP contribution in [0.25, 0.3) is 5.69 Å². The Labute approximate surface area is 124 Å². The summed E-state index contributed by atoms with van der Waals surface area (Å²) in [4.78, 5) is 1.60. The predicted octanol–water partition coefficient (Wildman–Crippen LogP) is 3.50. The van der Waals surface area contributed by atoms with Crippen LogP contribution in [0.4, 0.5) is 5.69 Å². The average Bonchev–Trinajstić information content (AvgIpc) is 3.03. The van der Waals surface area contributed by atoms with Gasteiger partial charge in [-0.05, 0) is 54.8 Å². The zero-order chi connectivity index (χ0) is 14.7. The maximum atomic E-state index is 4.11. The van der Waals surface area contributed by atoms with E-state index in [9.17, 15) is 0 Å². The van der Waals surface area contributed by atoms with E-state index in [4.69, 9.17) is 0 Å². The molecule has 3 rings (SSSR count). The standard InChI is InChI=1S/C17H18N4/c1-13-3-4-15(11-14(13)2)12-18-16-5-7-17(8-6-16)21-19-9-10-20-21/h3-11,18H,12H2,1-2H3. The fourth-order valence-electron chi connectivity index (χ4n) is 2.18. The fourth-order valence-corrected chi connectivity index (χ4v) is 2.18. The first-order valence-electron chi connectivity index (χ1n) is 6.99. The van der Waals surface area contributed by atoms with E-state index in [1.165, 1.54) is 16.7 Å². The molecular weight excluding hydrogens is 260 g/mol. The van der Waals surface area contributed by atoms with Crippen LogP contribution in [0.5, 0.6) is 0 Å². The maximum absolute atomic E-state index is 4.11. The van der Waals surface area contributed by atoms with Crippen LogP contribution in [0.15, 0.2) is 54.9 Å². The number of hydrogen-bond donors (Lipinski definition) is 1. The van der Waals surface area contributed by atoms with Gasteiger partial charge in [0.15, 0.2) is 0 Å². The lowest BCUT2D eigenvalue weighted by molar-refractivity contribution is 0.752. The van der Waals surface area contributed by atoms with Crippen molar-refractivity contribution in [2.45, 2.75) is 20.4 Å². The number of nitrogens with one attached hydrogen (secondary N) is 1. The quantitative estimate of drug-likeness (QED) is 0.794. The minimum atomic E-state index is 0.820. The van der Waals surface area contributed by atoms with Gasteiger partial charge in [0.25, 0.3) is 0 Å². The van der Waals surface area contributed by atoms with E-state index >= 15 is 0 Å². The zero-order valence-electron chi connectivity index (χ0n) is 12.2. The number of aryl methyl sites for hydroxylation is 2. The van der Waals surface area contributed by atoms with Crippen LogP contribution in [-0.4, -0.2) is 15.0 Å². The van der Waals surface area contributed by atoms with Crippen LogP contribution < -0.4 is 5.32 Å². The summed E-state index contributed by atoms with van der Waals surface area (Å²) >= 11 is 0. The third kappa shape index (κ3) is 3.11. The number of anilines is 1. The van der Waals surface area contributed by atoms with E-state index in [2.05, 4.69) is 47.6 Å². The van der Waals surface area contributed by atoms with E-state index in [1.54, 1.807) is 17.2 Å². The van der Waals surface area contributed by atoms with Gasteiger partial charge in [0.05, 0.1) is 18.1 Å². The summed E-state index contributed by atoms with van der Waals surface area (Å²) in [7, 11) is 0. The van der Waals surface area contributed by atoms with Gasteiger partial charge in [0, 0.05) is 12.2 Å². The lowest BCUT2D eigenvalue weighted by atomic mass is 10.1. The average molecular weight is 278 g/mol. The molecule has 1 aromatic heterocycles. The van der Waals surface area contributed by atoms with Crippen molar-refractivity contribution >= 4 is 5.69 Å². The van der Waals surface area contributed by atoms with E-state index < -0.39 is 0 Å². The van der Waals surface area contributed by atoms with Crippen molar-refractivity contribution in [3.8, 4) is 5.69 Å². The molecule has 0 unspecified atom stereocenters. The largest absolute Gasteiger partial charge is 0.381 e. The Balaban J connectivity index is 1.66. The van der Waals surface area contributed by atoms with Gasteiger partial charge < -0.3 is 5.32 Å². The molecule has 0 atom stereocenters. The van der Waals surface area contributed by atoms with Crippen molar-refractivity contribution in [1.29, 1.82) is 0 Å². The molecule has 21 heavy (non-hydrogen) atoms. The third-order valence-corrected chi connectivity index (χ3v) is 3.58. The molecule has 0 saturated heterocycles. The van der Waals surface area contributed by atoms with Gasteiger partial charge in [0.2, 0.25) is 0 Å². The first-order valence-corrected chi connectivity index (χ1v) is 6.99. The highest BCUT2D eigenvalue weighted by molar-refractivity contribution is 5.48. The van der Waals surface area contributed by atoms with E-state index in [-0.39, 0.29) is 0 Å². The summed E-state index contributed by atoms with van der Waals surface area (Å²) in [5.74, 6) is 0. The van der Waals surface area contributed by atoms with Gasteiger partial charge in [-0.15, -0.1) is 0 Å². The molecule has 0 spiro atoms. The smallest absolute Gasteiger partial charge is 0.0858 e. The minimum Gasteiger partial charge on any atom is -0.381 e. The van der Waals surface area contributed by atoms with Crippen LogP contribution >= 0.6 is 0 Å². The van der Waals surface area contributed by atoms with Crippen LogP contribution in [-0.2, 0) is 6.54 Å². The molecule has 3 aromatic rings. The van der Waals surface area contributed by atoms with Crippen molar-refractivity contribution in [1.82, 2.24) is 15.0 Å². The lowest BCUT2D eigenvalue weighted by Gasteiger charge is -2.09. The first-order chi connectivity index (χ1) is 10.2. The molecule has 0 fully saturated rings. The van der Waals surface area contributed by atoms with Crippen LogP contribution in [0, 0.1) is 13.8 Å². The zero-order valence-corrected chi connectivity index (χ0v) is 12.2. The van der Waals surface area contributed by atoms with E-state index in [1.807, 2.05) is 24.3 Å². The number of benzene rings is 2. The SMILES string of the molecule is Cc1ccc(CNc2ccc(-n3nccn3)cc2)cc1C. The Morgan fingerprint density at radius 3 is 2.29 bits per heavy atom. The molecule has 1 heterocycles. The summed E-state index contributed by atoms with van der Waals surface area (Å²) in [6.07, 6.45) is 3.35. The maximum Gasteiger partial charge on any atom is 0.0858 e. The molecule has 4 nitrogen and oxygen atoms in total. The second kappa shape index (κ2) is 5.79.